The van der Waals surface area contributed by atoms with E-state index in [-0.39, 0.29) is 4.90 Å². The van der Waals surface area contributed by atoms with Gasteiger partial charge in [0.1, 0.15) is 4.90 Å². The van der Waals surface area contributed by atoms with Gasteiger partial charge in [-0.05, 0) is 30.9 Å². The van der Waals surface area contributed by atoms with Gasteiger partial charge < -0.3 is 0 Å². The first-order valence-corrected chi connectivity index (χ1v) is 6.30. The van der Waals surface area contributed by atoms with Gasteiger partial charge in [-0.2, -0.15) is 8.42 Å². The molecule has 0 heterocycles. The van der Waals surface area contributed by atoms with Crippen LogP contribution >= 0.6 is 0 Å². The van der Waals surface area contributed by atoms with Gasteiger partial charge in [-0.15, -0.1) is 0 Å². The third-order valence-electron chi connectivity index (χ3n) is 2.49. The van der Waals surface area contributed by atoms with Crippen molar-refractivity contribution in [1.82, 2.24) is 0 Å². The Balaban J connectivity index is 2.94. The van der Waals surface area contributed by atoms with Gasteiger partial charge in [0.25, 0.3) is 10.1 Å². The monoisotopic (exact) mass is 236 g/mol. The molecule has 2 aromatic rings. The topological polar surface area (TPSA) is 54.4 Å². The van der Waals surface area contributed by atoms with Crippen LogP contribution in [0.15, 0.2) is 35.2 Å². The van der Waals surface area contributed by atoms with Crippen molar-refractivity contribution < 1.29 is 13.0 Å². The van der Waals surface area contributed by atoms with E-state index in [4.69, 9.17) is 4.55 Å². The molecule has 0 aromatic heterocycles. The molecule has 0 bridgehead atoms. The highest BCUT2D eigenvalue weighted by molar-refractivity contribution is 7.86. The van der Waals surface area contributed by atoms with Gasteiger partial charge in [-0.1, -0.05) is 29.8 Å². The molecule has 3 nitrogen and oxygen atoms in total. The van der Waals surface area contributed by atoms with Gasteiger partial charge in [0.2, 0.25) is 0 Å². The summed E-state index contributed by atoms with van der Waals surface area (Å²) in [5.41, 5.74) is 1.87. The molecule has 0 saturated carbocycles. The maximum absolute atomic E-state index is 11.2. The first-order chi connectivity index (χ1) is 7.38. The first-order valence-electron chi connectivity index (χ1n) is 4.86. The van der Waals surface area contributed by atoms with Crippen LogP contribution in [0.2, 0.25) is 0 Å². The largest absolute Gasteiger partial charge is 0.295 e. The van der Waals surface area contributed by atoms with Crippen molar-refractivity contribution in [3.05, 3.63) is 41.5 Å². The highest BCUT2D eigenvalue weighted by Gasteiger charge is 2.14. The summed E-state index contributed by atoms with van der Waals surface area (Å²) in [6, 6.07) is 8.82. The first kappa shape index (κ1) is 11.1. The minimum Gasteiger partial charge on any atom is -0.282 e. The third kappa shape index (κ3) is 1.94. The van der Waals surface area contributed by atoms with E-state index in [9.17, 15) is 8.42 Å². The Bertz CT molecular complexity index is 652. The summed E-state index contributed by atoms with van der Waals surface area (Å²) in [5.74, 6) is 0. The Hall–Kier alpha value is -1.39. The van der Waals surface area contributed by atoms with Crippen molar-refractivity contribution in [2.45, 2.75) is 18.7 Å². The van der Waals surface area contributed by atoms with Gasteiger partial charge in [-0.3, -0.25) is 4.55 Å². The summed E-state index contributed by atoms with van der Waals surface area (Å²) in [5, 5.41) is 1.38. The fraction of sp³-hybridized carbons (Fsp3) is 0.167. The number of hydrogen-bond acceptors (Lipinski definition) is 2. The van der Waals surface area contributed by atoms with Crippen LogP contribution in [-0.2, 0) is 10.1 Å². The SMILES string of the molecule is Cc1ccc2c(S(=O)(=O)O)cc(C)cc2c1. The molecular weight excluding hydrogens is 224 g/mol. The lowest BCUT2D eigenvalue weighted by atomic mass is 10.1. The van der Waals surface area contributed by atoms with Crippen molar-refractivity contribution in [3.63, 3.8) is 0 Å². The Morgan fingerprint density at radius 2 is 1.62 bits per heavy atom. The van der Waals surface area contributed by atoms with E-state index < -0.39 is 10.1 Å². The molecule has 0 fully saturated rings. The van der Waals surface area contributed by atoms with E-state index >= 15 is 0 Å². The van der Waals surface area contributed by atoms with Gasteiger partial charge in [0, 0.05) is 5.39 Å². The molecule has 4 heteroatoms. The molecule has 0 radical (unpaired) electrons. The molecule has 0 aliphatic carbocycles. The van der Waals surface area contributed by atoms with Crippen molar-refractivity contribution in [2.24, 2.45) is 0 Å². The Kier molecular flexibility index (Phi) is 2.48. The minimum absolute atomic E-state index is 0.0255. The highest BCUT2D eigenvalue weighted by Crippen LogP contribution is 2.25. The van der Waals surface area contributed by atoms with Crippen LogP contribution < -0.4 is 0 Å². The number of benzene rings is 2. The Labute approximate surface area is 94.5 Å². The summed E-state index contributed by atoms with van der Waals surface area (Å²) < 4.78 is 31.6. The second kappa shape index (κ2) is 3.57. The lowest BCUT2D eigenvalue weighted by Crippen LogP contribution is -1.99. The lowest BCUT2D eigenvalue weighted by Gasteiger charge is -2.06. The molecule has 0 atom stereocenters. The molecule has 1 N–H and O–H groups in total. The molecule has 0 spiro atoms. The molecule has 0 aliphatic heterocycles. The van der Waals surface area contributed by atoms with Crippen LogP contribution in [0.4, 0.5) is 0 Å². The van der Waals surface area contributed by atoms with E-state index in [2.05, 4.69) is 0 Å². The molecule has 2 rings (SSSR count). The Morgan fingerprint density at radius 3 is 2.25 bits per heavy atom. The summed E-state index contributed by atoms with van der Waals surface area (Å²) in [6.07, 6.45) is 0. The number of rotatable bonds is 1. The standard InChI is InChI=1S/C12H12O3S/c1-8-3-4-11-10(5-8)6-9(2)7-12(11)16(13,14)15/h3-7H,1-2H3,(H,13,14,15). The highest BCUT2D eigenvalue weighted by atomic mass is 32.2. The van der Waals surface area contributed by atoms with Crippen LogP contribution in [0.1, 0.15) is 11.1 Å². The van der Waals surface area contributed by atoms with Gasteiger partial charge in [0.05, 0.1) is 0 Å². The summed E-state index contributed by atoms with van der Waals surface area (Å²) in [4.78, 5) is -0.0255. The van der Waals surface area contributed by atoms with Crippen molar-refractivity contribution in [2.75, 3.05) is 0 Å². The fourth-order valence-corrected chi connectivity index (χ4v) is 2.61. The van der Waals surface area contributed by atoms with Crippen molar-refractivity contribution in [1.29, 1.82) is 0 Å². The van der Waals surface area contributed by atoms with E-state index in [0.29, 0.717) is 5.39 Å². The van der Waals surface area contributed by atoms with E-state index in [1.165, 1.54) is 6.07 Å². The molecule has 16 heavy (non-hydrogen) atoms. The fourth-order valence-electron chi connectivity index (χ4n) is 1.81. The van der Waals surface area contributed by atoms with Gasteiger partial charge >= 0.3 is 0 Å². The summed E-state index contributed by atoms with van der Waals surface area (Å²) >= 11 is 0. The summed E-state index contributed by atoms with van der Waals surface area (Å²) in [6.45, 7) is 3.74. The molecular formula is C12H12O3S. The maximum atomic E-state index is 11.2. The van der Waals surface area contributed by atoms with E-state index in [1.807, 2.05) is 25.1 Å². The normalized spacial score (nSPS) is 11.9. The molecule has 2 aromatic carbocycles. The number of fused-ring (bicyclic) bond motifs is 1. The zero-order valence-corrected chi connectivity index (χ0v) is 9.88. The summed E-state index contributed by atoms with van der Waals surface area (Å²) in [7, 11) is -4.16. The van der Waals surface area contributed by atoms with Crippen LogP contribution in [0.25, 0.3) is 10.8 Å². The zero-order valence-electron chi connectivity index (χ0n) is 9.06. The lowest BCUT2D eigenvalue weighted by molar-refractivity contribution is 0.484. The van der Waals surface area contributed by atoms with Gasteiger partial charge in [-0.25, -0.2) is 0 Å². The second-order valence-corrected chi connectivity index (χ2v) is 5.35. The van der Waals surface area contributed by atoms with Gasteiger partial charge in [0.15, 0.2) is 0 Å². The van der Waals surface area contributed by atoms with Crippen LogP contribution in [0.3, 0.4) is 0 Å². The molecule has 0 unspecified atom stereocenters. The Morgan fingerprint density at radius 1 is 1.00 bits per heavy atom. The predicted molar refractivity (Wildman–Crippen MR) is 63.2 cm³/mol. The molecule has 0 amide bonds. The smallest absolute Gasteiger partial charge is 0.282 e. The number of aryl methyl sites for hydroxylation is 2. The molecule has 0 aliphatic rings. The number of hydrogen-bond donors (Lipinski definition) is 1. The van der Waals surface area contributed by atoms with Crippen LogP contribution in [0, 0.1) is 13.8 Å². The predicted octanol–water partition coefficient (Wildman–Crippen LogP) is 2.70. The van der Waals surface area contributed by atoms with E-state index in [0.717, 1.165) is 16.5 Å². The average Bonchev–Trinajstić information content (AvgIpc) is 2.14. The van der Waals surface area contributed by atoms with Crippen molar-refractivity contribution >= 4 is 20.9 Å². The van der Waals surface area contributed by atoms with Crippen molar-refractivity contribution in [3.8, 4) is 0 Å². The average molecular weight is 236 g/mol. The van der Waals surface area contributed by atoms with Crippen LogP contribution in [0.5, 0.6) is 0 Å². The quantitative estimate of drug-likeness (QED) is 0.774. The second-order valence-electron chi connectivity index (χ2n) is 3.96. The molecule has 0 saturated heterocycles. The minimum atomic E-state index is -4.16. The maximum Gasteiger partial charge on any atom is 0.295 e. The zero-order chi connectivity index (χ0) is 11.9. The van der Waals surface area contributed by atoms with Crippen LogP contribution in [-0.4, -0.2) is 13.0 Å². The van der Waals surface area contributed by atoms with E-state index in [1.54, 1.807) is 13.0 Å². The third-order valence-corrected chi connectivity index (χ3v) is 3.39. The molecule has 84 valence electrons.